The summed E-state index contributed by atoms with van der Waals surface area (Å²) in [5.41, 5.74) is -0.800. The summed E-state index contributed by atoms with van der Waals surface area (Å²) in [5.74, 6) is 1.91. The Bertz CT molecular complexity index is 390. The Morgan fingerprint density at radius 3 is 2.56 bits per heavy atom. The lowest BCUT2D eigenvalue weighted by Gasteiger charge is -2.30. The molecule has 0 bridgehead atoms. The predicted octanol–water partition coefficient (Wildman–Crippen LogP) is 1.12. The summed E-state index contributed by atoms with van der Waals surface area (Å²) in [7, 11) is 3.36. The van der Waals surface area contributed by atoms with Crippen LogP contribution in [0.25, 0.3) is 0 Å². The summed E-state index contributed by atoms with van der Waals surface area (Å²) in [6.07, 6.45) is 1.48. The van der Waals surface area contributed by atoms with E-state index < -0.39 is 5.60 Å². The van der Waals surface area contributed by atoms with Crippen molar-refractivity contribution >= 4 is 11.6 Å². The van der Waals surface area contributed by atoms with Crippen LogP contribution in [0.3, 0.4) is 0 Å². The molecule has 0 fully saturated rings. The van der Waals surface area contributed by atoms with Gasteiger partial charge in [-0.2, -0.15) is 0 Å². The zero-order valence-corrected chi connectivity index (χ0v) is 11.7. The van der Waals surface area contributed by atoms with E-state index in [4.69, 9.17) is 4.74 Å². The van der Waals surface area contributed by atoms with Crippen molar-refractivity contribution in [1.82, 2.24) is 9.97 Å². The smallest absolute Gasteiger partial charge is 0.204 e. The summed E-state index contributed by atoms with van der Waals surface area (Å²) in [5, 5.41) is 12.9. The molecule has 1 heterocycles. The highest BCUT2D eigenvalue weighted by atomic mass is 16.5. The second-order valence-electron chi connectivity index (χ2n) is 4.66. The highest BCUT2D eigenvalue weighted by Crippen LogP contribution is 2.32. The SMILES string of the molecule is CCN(CC(C)(C)O)c1ncnc(NC)c1OC. The number of anilines is 2. The van der Waals surface area contributed by atoms with Gasteiger partial charge < -0.3 is 20.1 Å². The van der Waals surface area contributed by atoms with Gasteiger partial charge >= 0.3 is 0 Å². The first-order chi connectivity index (χ1) is 8.42. The van der Waals surface area contributed by atoms with Crippen LogP contribution in [0.15, 0.2) is 6.33 Å². The molecule has 0 spiro atoms. The Morgan fingerprint density at radius 1 is 1.44 bits per heavy atom. The van der Waals surface area contributed by atoms with Crippen molar-refractivity contribution in [3.05, 3.63) is 6.33 Å². The Labute approximate surface area is 108 Å². The van der Waals surface area contributed by atoms with E-state index in [0.717, 1.165) is 6.54 Å². The van der Waals surface area contributed by atoms with E-state index in [9.17, 15) is 5.11 Å². The number of ether oxygens (including phenoxy) is 1. The number of nitrogens with one attached hydrogen (secondary N) is 1. The number of hydrogen-bond donors (Lipinski definition) is 2. The zero-order valence-electron chi connectivity index (χ0n) is 11.7. The van der Waals surface area contributed by atoms with Crippen LogP contribution in [-0.2, 0) is 0 Å². The average Bonchev–Trinajstić information content (AvgIpc) is 2.33. The molecule has 6 heteroatoms. The minimum Gasteiger partial charge on any atom is -0.490 e. The fourth-order valence-corrected chi connectivity index (χ4v) is 1.76. The largest absolute Gasteiger partial charge is 0.490 e. The maximum Gasteiger partial charge on any atom is 0.204 e. The van der Waals surface area contributed by atoms with Crippen molar-refractivity contribution in [3.8, 4) is 5.75 Å². The third kappa shape index (κ3) is 3.46. The highest BCUT2D eigenvalue weighted by Gasteiger charge is 2.22. The average molecular weight is 254 g/mol. The van der Waals surface area contributed by atoms with Crippen LogP contribution in [0, 0.1) is 0 Å². The first kappa shape index (κ1) is 14.5. The molecule has 0 aliphatic carbocycles. The lowest BCUT2D eigenvalue weighted by molar-refractivity contribution is 0.0873. The van der Waals surface area contributed by atoms with Gasteiger partial charge in [0.1, 0.15) is 6.33 Å². The first-order valence-electron chi connectivity index (χ1n) is 5.97. The molecule has 0 saturated heterocycles. The molecule has 1 rings (SSSR count). The highest BCUT2D eigenvalue weighted by molar-refractivity contribution is 5.64. The van der Waals surface area contributed by atoms with Gasteiger partial charge in [-0.1, -0.05) is 0 Å². The van der Waals surface area contributed by atoms with E-state index in [0.29, 0.717) is 23.9 Å². The topological polar surface area (TPSA) is 70.5 Å². The molecule has 0 atom stereocenters. The quantitative estimate of drug-likeness (QED) is 0.793. The number of methoxy groups -OCH3 is 1. The molecular formula is C12H22N4O2. The van der Waals surface area contributed by atoms with Crippen molar-refractivity contribution in [2.24, 2.45) is 0 Å². The molecule has 0 radical (unpaired) electrons. The van der Waals surface area contributed by atoms with Crippen LogP contribution in [0.2, 0.25) is 0 Å². The van der Waals surface area contributed by atoms with Crippen LogP contribution >= 0.6 is 0 Å². The maximum absolute atomic E-state index is 9.93. The van der Waals surface area contributed by atoms with Gasteiger partial charge in [-0.15, -0.1) is 0 Å². The Morgan fingerprint density at radius 2 is 2.11 bits per heavy atom. The lowest BCUT2D eigenvalue weighted by Crippen LogP contribution is -2.39. The Kier molecular flexibility index (Phi) is 4.72. The van der Waals surface area contributed by atoms with E-state index in [1.54, 1.807) is 28.0 Å². The van der Waals surface area contributed by atoms with E-state index in [1.807, 2.05) is 11.8 Å². The second kappa shape index (κ2) is 5.86. The van der Waals surface area contributed by atoms with Crippen molar-refractivity contribution in [2.75, 3.05) is 37.5 Å². The molecule has 0 saturated carbocycles. The molecule has 0 amide bonds. The summed E-state index contributed by atoms with van der Waals surface area (Å²) in [6, 6.07) is 0. The van der Waals surface area contributed by atoms with Crippen molar-refractivity contribution in [2.45, 2.75) is 26.4 Å². The monoisotopic (exact) mass is 254 g/mol. The van der Waals surface area contributed by atoms with E-state index in [-0.39, 0.29) is 0 Å². The standard InChI is InChI=1S/C12H22N4O2/c1-6-16(7-12(2,3)17)11-9(18-5)10(13-4)14-8-15-11/h8,17H,6-7H2,1-5H3,(H,13,14,15). The van der Waals surface area contributed by atoms with Gasteiger partial charge in [0, 0.05) is 20.1 Å². The van der Waals surface area contributed by atoms with Gasteiger partial charge in [-0.3, -0.25) is 0 Å². The van der Waals surface area contributed by atoms with Crippen molar-refractivity contribution < 1.29 is 9.84 Å². The fraction of sp³-hybridized carbons (Fsp3) is 0.667. The van der Waals surface area contributed by atoms with E-state index in [1.165, 1.54) is 6.33 Å². The van der Waals surface area contributed by atoms with Crippen LogP contribution < -0.4 is 15.0 Å². The lowest BCUT2D eigenvalue weighted by atomic mass is 10.1. The van der Waals surface area contributed by atoms with E-state index >= 15 is 0 Å². The molecule has 0 aromatic carbocycles. The Balaban J connectivity index is 3.12. The van der Waals surface area contributed by atoms with Crippen LogP contribution in [0.4, 0.5) is 11.6 Å². The van der Waals surface area contributed by atoms with Gasteiger partial charge in [0.15, 0.2) is 11.6 Å². The number of aliphatic hydroxyl groups is 1. The molecule has 18 heavy (non-hydrogen) atoms. The third-order valence-electron chi connectivity index (χ3n) is 2.49. The molecule has 1 aromatic heterocycles. The minimum absolute atomic E-state index is 0.472. The van der Waals surface area contributed by atoms with Crippen LogP contribution in [0.5, 0.6) is 5.75 Å². The number of aromatic nitrogens is 2. The van der Waals surface area contributed by atoms with Crippen LogP contribution in [-0.4, -0.2) is 47.9 Å². The first-order valence-corrected chi connectivity index (χ1v) is 5.97. The normalized spacial score (nSPS) is 11.2. The van der Waals surface area contributed by atoms with Gasteiger partial charge in [0.25, 0.3) is 0 Å². The van der Waals surface area contributed by atoms with Gasteiger partial charge in [-0.05, 0) is 20.8 Å². The second-order valence-corrected chi connectivity index (χ2v) is 4.66. The van der Waals surface area contributed by atoms with Crippen LogP contribution in [0.1, 0.15) is 20.8 Å². The summed E-state index contributed by atoms with van der Waals surface area (Å²) < 4.78 is 5.35. The van der Waals surface area contributed by atoms with Crippen molar-refractivity contribution in [1.29, 1.82) is 0 Å². The molecular weight excluding hydrogens is 232 g/mol. The fourth-order valence-electron chi connectivity index (χ4n) is 1.76. The molecule has 102 valence electrons. The number of nitrogens with zero attached hydrogens (tertiary/aromatic N) is 3. The van der Waals surface area contributed by atoms with Crippen molar-refractivity contribution in [3.63, 3.8) is 0 Å². The van der Waals surface area contributed by atoms with E-state index in [2.05, 4.69) is 15.3 Å². The summed E-state index contributed by atoms with van der Waals surface area (Å²) in [6.45, 7) is 6.73. The Hall–Kier alpha value is -1.56. The molecule has 1 aromatic rings. The van der Waals surface area contributed by atoms with Gasteiger partial charge in [0.05, 0.1) is 12.7 Å². The number of likely N-dealkylation sites (N-methyl/N-ethyl adjacent to an activating group) is 1. The van der Waals surface area contributed by atoms with Gasteiger partial charge in [0.2, 0.25) is 5.75 Å². The third-order valence-corrected chi connectivity index (χ3v) is 2.49. The molecule has 0 aliphatic heterocycles. The zero-order chi connectivity index (χ0) is 13.8. The maximum atomic E-state index is 9.93. The molecule has 0 unspecified atom stereocenters. The number of rotatable bonds is 6. The van der Waals surface area contributed by atoms with Gasteiger partial charge in [-0.25, -0.2) is 9.97 Å². The summed E-state index contributed by atoms with van der Waals surface area (Å²) >= 11 is 0. The molecule has 0 aliphatic rings. The number of hydrogen-bond acceptors (Lipinski definition) is 6. The summed E-state index contributed by atoms with van der Waals surface area (Å²) in [4.78, 5) is 10.3. The predicted molar refractivity (Wildman–Crippen MR) is 72.3 cm³/mol. The minimum atomic E-state index is -0.800. The molecule has 6 nitrogen and oxygen atoms in total. The molecule has 2 N–H and O–H groups in total.